The number of aliphatic hydroxyl groups is 1. The summed E-state index contributed by atoms with van der Waals surface area (Å²) in [4.78, 5) is 21.2. The lowest BCUT2D eigenvalue weighted by molar-refractivity contribution is 0.117. The molecular weight excluding hydrogens is 487 g/mol. The molecule has 0 bridgehead atoms. The third kappa shape index (κ3) is 4.13. The molecule has 0 saturated heterocycles. The summed E-state index contributed by atoms with van der Waals surface area (Å²) in [6.07, 6.45) is 3.27. The van der Waals surface area contributed by atoms with E-state index in [9.17, 15) is 9.90 Å². The Hall–Kier alpha value is -3.49. The summed E-state index contributed by atoms with van der Waals surface area (Å²) in [5, 5.41) is 14.1. The van der Waals surface area contributed by atoms with E-state index in [1.165, 1.54) is 4.57 Å². The summed E-state index contributed by atoms with van der Waals surface area (Å²) in [7, 11) is 3.50. The number of hydrogen-bond acceptors (Lipinski definition) is 4. The molecule has 5 aromatic rings. The van der Waals surface area contributed by atoms with Crippen LogP contribution in [0, 0.1) is 0 Å². The smallest absolute Gasteiger partial charge is 0.348 e. The number of fused-ring (bicyclic) bond motifs is 1. The second-order valence-electron chi connectivity index (χ2n) is 8.15. The fraction of sp³-hybridized carbons (Fsp3) is 0.115. The second kappa shape index (κ2) is 9.28. The number of aryl methyl sites for hydroxylation is 2. The van der Waals surface area contributed by atoms with Gasteiger partial charge in [0.1, 0.15) is 0 Å². The molecule has 0 aliphatic heterocycles. The van der Waals surface area contributed by atoms with E-state index in [1.807, 2.05) is 37.4 Å². The van der Waals surface area contributed by atoms with Crippen LogP contribution in [0.1, 0.15) is 16.8 Å². The largest absolute Gasteiger partial charge is 0.412 e. The zero-order valence-electron chi connectivity index (χ0n) is 18.9. The molecule has 0 aliphatic carbocycles. The Bertz CT molecular complexity index is 1600. The summed E-state index contributed by atoms with van der Waals surface area (Å²) < 4.78 is 3.26. The minimum Gasteiger partial charge on any atom is -0.412 e. The summed E-state index contributed by atoms with van der Waals surface area (Å²) in [5.41, 5.74) is 1.77. The van der Waals surface area contributed by atoms with Crippen LogP contribution in [-0.2, 0) is 19.7 Å². The van der Waals surface area contributed by atoms with Crippen LogP contribution >= 0.6 is 23.2 Å². The highest BCUT2D eigenvalue weighted by Gasteiger charge is 2.37. The van der Waals surface area contributed by atoms with E-state index in [0.29, 0.717) is 49.0 Å². The molecule has 9 heteroatoms. The van der Waals surface area contributed by atoms with Crippen molar-refractivity contribution < 1.29 is 10.6 Å². The first-order chi connectivity index (χ1) is 16.3. The van der Waals surface area contributed by atoms with Gasteiger partial charge < -0.3 is 15.1 Å². The van der Waals surface area contributed by atoms with Gasteiger partial charge in [0.05, 0.1) is 29.4 Å². The van der Waals surface area contributed by atoms with Gasteiger partial charge in [-0.3, -0.25) is 4.57 Å². The van der Waals surface area contributed by atoms with Gasteiger partial charge >= 0.3 is 5.69 Å². The van der Waals surface area contributed by atoms with Gasteiger partial charge in [0.25, 0.3) is 0 Å². The maximum Gasteiger partial charge on any atom is 0.348 e. The molecule has 0 amide bonds. The Morgan fingerprint density at radius 2 is 1.63 bits per heavy atom. The van der Waals surface area contributed by atoms with Gasteiger partial charge in [-0.1, -0.05) is 53.5 Å². The minimum atomic E-state index is -1.54. The highest BCUT2D eigenvalue weighted by molar-refractivity contribution is 6.31. The Morgan fingerprint density at radius 1 is 0.914 bits per heavy atom. The predicted molar refractivity (Wildman–Crippen MR) is 138 cm³/mol. The first-order valence-corrected chi connectivity index (χ1v) is 11.3. The minimum absolute atomic E-state index is 0. The third-order valence-corrected chi connectivity index (χ3v) is 6.56. The van der Waals surface area contributed by atoms with Crippen molar-refractivity contribution in [3.05, 3.63) is 117 Å². The summed E-state index contributed by atoms with van der Waals surface area (Å²) in [6, 6.07) is 19.7. The lowest BCUT2D eigenvalue weighted by Gasteiger charge is -2.30. The molecule has 35 heavy (non-hydrogen) atoms. The van der Waals surface area contributed by atoms with Crippen LogP contribution < -0.4 is 5.69 Å². The lowest BCUT2D eigenvalue weighted by Crippen LogP contribution is -2.31. The molecule has 3 aromatic carbocycles. The molecule has 0 fully saturated rings. The molecule has 3 N–H and O–H groups in total. The topological polar surface area (TPSA) is 104 Å². The van der Waals surface area contributed by atoms with Crippen molar-refractivity contribution in [2.45, 2.75) is 5.60 Å². The predicted octanol–water partition coefficient (Wildman–Crippen LogP) is 4.10. The summed E-state index contributed by atoms with van der Waals surface area (Å²) >= 11 is 12.4. The molecule has 2 aromatic heterocycles. The van der Waals surface area contributed by atoms with Crippen LogP contribution in [0.25, 0.3) is 22.2 Å². The van der Waals surface area contributed by atoms with E-state index in [-0.39, 0.29) is 11.2 Å². The molecule has 0 radical (unpaired) electrons. The molecule has 1 unspecified atom stereocenters. The van der Waals surface area contributed by atoms with Crippen molar-refractivity contribution in [2.24, 2.45) is 14.1 Å². The van der Waals surface area contributed by atoms with Crippen molar-refractivity contribution in [3.8, 4) is 11.3 Å². The SMILES string of the molecule is Cn1cncc1C(O)(c1ccc(Cl)cc1)c1ccc2c(c1)c(-c1cccc(Cl)c1)nc(=O)n2C.O. The summed E-state index contributed by atoms with van der Waals surface area (Å²) in [6.45, 7) is 0. The standard InChI is InChI=1S/C26H20Cl2N4O2.H2O/c1-31-15-29-14-23(31)26(34,17-6-9-19(27)10-7-17)18-8-11-22-21(13-18)24(30-25(33)32(22)2)16-4-3-5-20(28)12-16;/h3-15,34H,1-2H3;1H2. The first kappa shape index (κ1) is 24.6. The molecule has 1 atom stereocenters. The van der Waals surface area contributed by atoms with Gasteiger partial charge in [-0.25, -0.2) is 9.78 Å². The summed E-state index contributed by atoms with van der Waals surface area (Å²) in [5.74, 6) is 0. The molecule has 178 valence electrons. The number of hydrogen-bond donors (Lipinski definition) is 1. The molecule has 0 spiro atoms. The van der Waals surface area contributed by atoms with Gasteiger partial charge in [-0.2, -0.15) is 4.98 Å². The quantitative estimate of drug-likeness (QED) is 0.394. The van der Waals surface area contributed by atoms with Gasteiger partial charge in [0.2, 0.25) is 0 Å². The molecule has 5 rings (SSSR count). The number of nitrogens with zero attached hydrogens (tertiary/aromatic N) is 4. The average molecular weight is 509 g/mol. The monoisotopic (exact) mass is 508 g/mol. The first-order valence-electron chi connectivity index (χ1n) is 10.5. The zero-order chi connectivity index (χ0) is 24.0. The normalized spacial score (nSPS) is 12.8. The average Bonchev–Trinajstić information content (AvgIpc) is 3.27. The van der Waals surface area contributed by atoms with E-state index in [0.717, 1.165) is 0 Å². The van der Waals surface area contributed by atoms with Gasteiger partial charge in [-0.15, -0.1) is 0 Å². The molecule has 0 aliphatic rings. The van der Waals surface area contributed by atoms with Crippen molar-refractivity contribution in [1.29, 1.82) is 0 Å². The number of aromatic nitrogens is 4. The Kier molecular flexibility index (Phi) is 6.53. The van der Waals surface area contributed by atoms with Crippen molar-refractivity contribution in [2.75, 3.05) is 0 Å². The number of benzene rings is 3. The van der Waals surface area contributed by atoms with Crippen molar-refractivity contribution in [3.63, 3.8) is 0 Å². The molecular formula is C26H22Cl2N4O3. The maximum absolute atomic E-state index is 12.6. The van der Waals surface area contributed by atoms with Crippen molar-refractivity contribution >= 4 is 34.1 Å². The van der Waals surface area contributed by atoms with E-state index >= 15 is 0 Å². The number of halogens is 2. The Morgan fingerprint density at radius 3 is 2.29 bits per heavy atom. The van der Waals surface area contributed by atoms with Crippen LogP contribution in [0.4, 0.5) is 0 Å². The highest BCUT2D eigenvalue weighted by Crippen LogP contribution is 2.39. The molecule has 0 saturated carbocycles. The van der Waals surface area contributed by atoms with E-state index < -0.39 is 5.60 Å². The zero-order valence-corrected chi connectivity index (χ0v) is 20.4. The fourth-order valence-corrected chi connectivity index (χ4v) is 4.61. The van der Waals surface area contributed by atoms with E-state index in [1.54, 1.807) is 60.5 Å². The highest BCUT2D eigenvalue weighted by atomic mass is 35.5. The maximum atomic E-state index is 12.6. The van der Waals surface area contributed by atoms with Crippen LogP contribution in [0.15, 0.2) is 84.0 Å². The lowest BCUT2D eigenvalue weighted by atomic mass is 9.83. The molecule has 2 heterocycles. The van der Waals surface area contributed by atoms with E-state index in [4.69, 9.17) is 23.2 Å². The fourth-order valence-electron chi connectivity index (χ4n) is 4.29. The third-order valence-electron chi connectivity index (χ3n) is 6.07. The van der Waals surface area contributed by atoms with Gasteiger partial charge in [0.15, 0.2) is 5.60 Å². The van der Waals surface area contributed by atoms with Crippen LogP contribution in [0.2, 0.25) is 10.0 Å². The Balaban J connectivity index is 0.00000289. The van der Waals surface area contributed by atoms with Crippen LogP contribution in [0.5, 0.6) is 0 Å². The van der Waals surface area contributed by atoms with Crippen LogP contribution in [-0.4, -0.2) is 29.7 Å². The van der Waals surface area contributed by atoms with Crippen molar-refractivity contribution in [1.82, 2.24) is 19.1 Å². The number of rotatable bonds is 4. The van der Waals surface area contributed by atoms with Crippen LogP contribution in [0.3, 0.4) is 0 Å². The van der Waals surface area contributed by atoms with Gasteiger partial charge in [0, 0.05) is 35.1 Å². The Labute approximate surface area is 211 Å². The number of imidazole rings is 1. The second-order valence-corrected chi connectivity index (χ2v) is 9.02. The van der Waals surface area contributed by atoms with E-state index in [2.05, 4.69) is 9.97 Å². The molecule has 7 nitrogen and oxygen atoms in total. The van der Waals surface area contributed by atoms with Gasteiger partial charge in [-0.05, 0) is 47.5 Å².